The Morgan fingerprint density at radius 2 is 1.72 bits per heavy atom. The molecule has 18 heavy (non-hydrogen) atoms. The first-order valence-electron chi connectivity index (χ1n) is 7.31. The molecule has 0 N–H and O–H groups in total. The van der Waals surface area contributed by atoms with Gasteiger partial charge in [0, 0.05) is 0 Å². The van der Waals surface area contributed by atoms with E-state index in [0.717, 1.165) is 0 Å². The summed E-state index contributed by atoms with van der Waals surface area (Å²) in [6.07, 6.45) is 3.92. The van der Waals surface area contributed by atoms with Crippen molar-refractivity contribution in [1.29, 1.82) is 0 Å². The van der Waals surface area contributed by atoms with E-state index in [2.05, 4.69) is 61.2 Å². The lowest BCUT2D eigenvalue weighted by Gasteiger charge is -2.45. The minimum atomic E-state index is -1.48. The van der Waals surface area contributed by atoms with E-state index in [9.17, 15) is 0 Å². The standard InChI is InChI=1S/C17H32Si/c1-13-11-10-12-17(6,7)15(13)14(2)18(8,9)16(3,4)5/h2,10-12H2,1,3-9H3. The van der Waals surface area contributed by atoms with E-state index >= 15 is 0 Å². The molecule has 0 amide bonds. The normalized spacial score (nSPS) is 21.1. The number of hydrogen-bond donors (Lipinski definition) is 0. The van der Waals surface area contributed by atoms with Gasteiger partial charge in [-0.2, -0.15) is 0 Å². The second-order valence-electron chi connectivity index (χ2n) is 8.25. The van der Waals surface area contributed by atoms with Gasteiger partial charge in [0.25, 0.3) is 0 Å². The molecule has 0 aromatic carbocycles. The van der Waals surface area contributed by atoms with Crippen LogP contribution < -0.4 is 0 Å². The molecule has 1 aliphatic rings. The van der Waals surface area contributed by atoms with Gasteiger partial charge in [0.2, 0.25) is 0 Å². The number of allylic oxidation sites excluding steroid dienone is 3. The first-order valence-corrected chi connectivity index (χ1v) is 10.3. The molecule has 1 heteroatoms. The number of rotatable bonds is 2. The third-order valence-electron chi connectivity index (χ3n) is 5.39. The van der Waals surface area contributed by atoms with Crippen LogP contribution in [0.4, 0.5) is 0 Å². The zero-order chi connectivity index (χ0) is 14.4. The van der Waals surface area contributed by atoms with Crippen LogP contribution in [0.25, 0.3) is 0 Å². The van der Waals surface area contributed by atoms with Gasteiger partial charge in [0.15, 0.2) is 0 Å². The fourth-order valence-corrected chi connectivity index (χ4v) is 5.14. The molecule has 0 nitrogen and oxygen atoms in total. The first kappa shape index (κ1) is 15.8. The van der Waals surface area contributed by atoms with Crippen LogP contribution in [0.15, 0.2) is 22.9 Å². The fraction of sp³-hybridized carbons (Fsp3) is 0.765. The summed E-state index contributed by atoms with van der Waals surface area (Å²) < 4.78 is 0. The van der Waals surface area contributed by atoms with Crippen LogP contribution in [-0.2, 0) is 0 Å². The van der Waals surface area contributed by atoms with E-state index in [1.165, 1.54) is 24.5 Å². The smallest absolute Gasteiger partial charge is 0.0855 e. The van der Waals surface area contributed by atoms with E-state index in [1.807, 2.05) is 0 Å². The molecule has 0 aromatic heterocycles. The predicted molar refractivity (Wildman–Crippen MR) is 86.7 cm³/mol. The summed E-state index contributed by atoms with van der Waals surface area (Å²) in [5.41, 5.74) is 3.54. The highest BCUT2D eigenvalue weighted by molar-refractivity contribution is 6.87. The Morgan fingerprint density at radius 1 is 1.22 bits per heavy atom. The van der Waals surface area contributed by atoms with Crippen molar-refractivity contribution in [2.75, 3.05) is 0 Å². The number of hydrogen-bond acceptors (Lipinski definition) is 0. The SMILES string of the molecule is C=C(C1=C(C)CCCC1(C)C)[Si](C)(C)C(C)(C)C. The molecular weight excluding hydrogens is 232 g/mol. The highest BCUT2D eigenvalue weighted by atomic mass is 28.3. The lowest BCUT2D eigenvalue weighted by Crippen LogP contribution is -2.42. The van der Waals surface area contributed by atoms with Crippen molar-refractivity contribution >= 4 is 8.07 Å². The average molecular weight is 265 g/mol. The Morgan fingerprint density at radius 3 is 2.11 bits per heavy atom. The Hall–Kier alpha value is -0.303. The van der Waals surface area contributed by atoms with E-state index in [4.69, 9.17) is 0 Å². The predicted octanol–water partition coefficient (Wildman–Crippen LogP) is 6.12. The van der Waals surface area contributed by atoms with Gasteiger partial charge < -0.3 is 0 Å². The largest absolute Gasteiger partial charge is 0.0995 e. The highest BCUT2D eigenvalue weighted by Gasteiger charge is 2.42. The molecule has 0 aromatic rings. The Labute approximate surface area is 116 Å². The summed E-state index contributed by atoms with van der Waals surface area (Å²) in [7, 11) is -1.48. The van der Waals surface area contributed by atoms with Crippen LogP contribution in [0.1, 0.15) is 60.8 Å². The summed E-state index contributed by atoms with van der Waals surface area (Å²) in [5, 5.41) is 1.88. The Balaban J connectivity index is 3.26. The monoisotopic (exact) mass is 264 g/mol. The van der Waals surface area contributed by atoms with Crippen LogP contribution in [0.5, 0.6) is 0 Å². The van der Waals surface area contributed by atoms with Crippen molar-refractivity contribution in [3.05, 3.63) is 22.9 Å². The van der Waals surface area contributed by atoms with Gasteiger partial charge >= 0.3 is 0 Å². The topological polar surface area (TPSA) is 0 Å². The molecular formula is C17H32Si. The van der Waals surface area contributed by atoms with Crippen LogP contribution in [0.3, 0.4) is 0 Å². The van der Waals surface area contributed by atoms with Crippen LogP contribution in [-0.4, -0.2) is 8.07 Å². The molecule has 0 unspecified atom stereocenters. The maximum atomic E-state index is 4.57. The van der Waals surface area contributed by atoms with Crippen molar-refractivity contribution in [2.45, 2.75) is 78.9 Å². The molecule has 0 fully saturated rings. The Bertz CT molecular complexity index is 375. The molecule has 0 bridgehead atoms. The second kappa shape index (κ2) is 4.66. The summed E-state index contributed by atoms with van der Waals surface area (Å²) in [5.74, 6) is 0. The summed E-state index contributed by atoms with van der Waals surface area (Å²) in [6, 6.07) is 0. The van der Waals surface area contributed by atoms with Gasteiger partial charge in [-0.25, -0.2) is 0 Å². The van der Waals surface area contributed by atoms with Crippen LogP contribution >= 0.6 is 0 Å². The van der Waals surface area contributed by atoms with Crippen LogP contribution in [0.2, 0.25) is 18.1 Å². The third kappa shape index (κ3) is 2.66. The van der Waals surface area contributed by atoms with E-state index < -0.39 is 8.07 Å². The van der Waals surface area contributed by atoms with Gasteiger partial charge in [0.1, 0.15) is 0 Å². The minimum absolute atomic E-state index is 0.328. The van der Waals surface area contributed by atoms with E-state index in [-0.39, 0.29) is 0 Å². The third-order valence-corrected chi connectivity index (χ3v) is 10.9. The maximum absolute atomic E-state index is 4.57. The Kier molecular flexibility index (Phi) is 4.08. The average Bonchev–Trinajstić information content (AvgIpc) is 2.13. The summed E-state index contributed by atoms with van der Waals surface area (Å²) in [4.78, 5) is 0. The quantitative estimate of drug-likeness (QED) is 0.527. The lowest BCUT2D eigenvalue weighted by atomic mass is 9.73. The van der Waals surface area contributed by atoms with Gasteiger partial charge in [-0.3, -0.25) is 0 Å². The van der Waals surface area contributed by atoms with Crippen LogP contribution in [0, 0.1) is 5.41 Å². The van der Waals surface area contributed by atoms with Crippen molar-refractivity contribution in [3.8, 4) is 0 Å². The lowest BCUT2D eigenvalue weighted by molar-refractivity contribution is 0.374. The highest BCUT2D eigenvalue weighted by Crippen LogP contribution is 2.50. The van der Waals surface area contributed by atoms with Gasteiger partial charge in [-0.05, 0) is 42.2 Å². The van der Waals surface area contributed by atoms with E-state index in [1.54, 1.807) is 11.1 Å². The first-order chi connectivity index (χ1) is 7.91. The minimum Gasteiger partial charge on any atom is -0.0995 e. The zero-order valence-electron chi connectivity index (χ0n) is 13.8. The van der Waals surface area contributed by atoms with Crippen molar-refractivity contribution < 1.29 is 0 Å². The molecule has 0 atom stereocenters. The molecule has 0 heterocycles. The fourth-order valence-electron chi connectivity index (χ4n) is 3.05. The molecule has 1 aliphatic carbocycles. The second-order valence-corrected chi connectivity index (χ2v) is 13.6. The maximum Gasteiger partial charge on any atom is 0.0855 e. The van der Waals surface area contributed by atoms with Gasteiger partial charge in [0.05, 0.1) is 8.07 Å². The summed E-state index contributed by atoms with van der Waals surface area (Å²) in [6.45, 7) is 23.8. The summed E-state index contributed by atoms with van der Waals surface area (Å²) >= 11 is 0. The van der Waals surface area contributed by atoms with E-state index in [0.29, 0.717) is 10.5 Å². The molecule has 0 radical (unpaired) electrons. The molecule has 0 spiro atoms. The molecule has 104 valence electrons. The van der Waals surface area contributed by atoms with Gasteiger partial charge in [-0.1, -0.05) is 65.1 Å². The molecule has 1 rings (SSSR count). The molecule has 0 saturated heterocycles. The zero-order valence-corrected chi connectivity index (χ0v) is 14.8. The van der Waals surface area contributed by atoms with Crippen molar-refractivity contribution in [1.82, 2.24) is 0 Å². The molecule has 0 saturated carbocycles. The van der Waals surface area contributed by atoms with Crippen molar-refractivity contribution in [3.63, 3.8) is 0 Å². The van der Waals surface area contributed by atoms with Gasteiger partial charge in [-0.15, -0.1) is 0 Å². The molecule has 0 aliphatic heterocycles. The van der Waals surface area contributed by atoms with Crippen molar-refractivity contribution in [2.24, 2.45) is 5.41 Å².